The first-order valence-electron chi connectivity index (χ1n) is 7.08. The molecule has 1 heterocycles. The lowest BCUT2D eigenvalue weighted by atomic mass is 9.99. The van der Waals surface area contributed by atoms with Crippen LogP contribution in [0.25, 0.3) is 0 Å². The van der Waals surface area contributed by atoms with Crippen molar-refractivity contribution in [1.29, 1.82) is 0 Å². The highest BCUT2D eigenvalue weighted by Crippen LogP contribution is 2.19. The fourth-order valence-electron chi connectivity index (χ4n) is 2.59. The predicted octanol–water partition coefficient (Wildman–Crippen LogP) is 1.27. The molecule has 0 aromatic carbocycles. The van der Waals surface area contributed by atoms with Crippen molar-refractivity contribution in [2.75, 3.05) is 46.8 Å². The number of carbonyl (C=O) groups is 1. The van der Waals surface area contributed by atoms with Crippen LogP contribution in [-0.2, 0) is 4.79 Å². The van der Waals surface area contributed by atoms with E-state index in [1.807, 2.05) is 27.9 Å². The van der Waals surface area contributed by atoms with Gasteiger partial charge in [0.1, 0.15) is 0 Å². The molecule has 1 aliphatic rings. The van der Waals surface area contributed by atoms with Crippen molar-refractivity contribution in [2.24, 2.45) is 0 Å². The summed E-state index contributed by atoms with van der Waals surface area (Å²) in [6.45, 7) is 11.7. The largest absolute Gasteiger partial charge is 0.347 e. The molecule has 106 valence electrons. The molecule has 1 rings (SSSR count). The highest BCUT2D eigenvalue weighted by molar-refractivity contribution is 5.85. The number of carbonyl (C=O) groups excluding carboxylic acids is 1. The molecule has 4 heteroatoms. The summed E-state index contributed by atoms with van der Waals surface area (Å²) in [7, 11) is 3.67. The first kappa shape index (κ1) is 15.4. The Hall–Kier alpha value is -0.610. The van der Waals surface area contributed by atoms with Crippen LogP contribution in [0.2, 0.25) is 0 Å². The summed E-state index contributed by atoms with van der Waals surface area (Å²) in [5, 5.41) is 0. The van der Waals surface area contributed by atoms with Gasteiger partial charge >= 0.3 is 0 Å². The SMILES string of the molecule is CCCCN1CCN(C(C)(C)C(=O)N(C)C)CC1. The molecule has 0 radical (unpaired) electrons. The number of hydrogen-bond donors (Lipinski definition) is 0. The second kappa shape index (κ2) is 6.53. The number of amides is 1. The summed E-state index contributed by atoms with van der Waals surface area (Å²) in [5.74, 6) is 0.199. The molecule has 0 aliphatic carbocycles. The zero-order chi connectivity index (χ0) is 13.8. The molecule has 0 atom stereocenters. The molecule has 0 aromatic heterocycles. The molecule has 1 amide bonds. The van der Waals surface area contributed by atoms with Crippen LogP contribution >= 0.6 is 0 Å². The number of rotatable bonds is 5. The summed E-state index contributed by atoms with van der Waals surface area (Å²) in [6, 6.07) is 0. The third-order valence-electron chi connectivity index (χ3n) is 3.92. The van der Waals surface area contributed by atoms with Crippen LogP contribution in [0.1, 0.15) is 33.6 Å². The van der Waals surface area contributed by atoms with E-state index in [9.17, 15) is 4.79 Å². The van der Waals surface area contributed by atoms with E-state index in [1.54, 1.807) is 4.90 Å². The van der Waals surface area contributed by atoms with Gasteiger partial charge in [0.05, 0.1) is 5.54 Å². The van der Waals surface area contributed by atoms with Crippen LogP contribution in [0.5, 0.6) is 0 Å². The summed E-state index contributed by atoms with van der Waals surface area (Å²) < 4.78 is 0. The topological polar surface area (TPSA) is 26.8 Å². The van der Waals surface area contributed by atoms with Crippen LogP contribution in [-0.4, -0.2) is 73.0 Å². The average Bonchev–Trinajstić information content (AvgIpc) is 2.35. The Balaban J connectivity index is 2.49. The van der Waals surface area contributed by atoms with Crippen LogP contribution in [0.15, 0.2) is 0 Å². The van der Waals surface area contributed by atoms with Gasteiger partial charge in [0, 0.05) is 40.3 Å². The molecule has 1 aliphatic heterocycles. The molecule has 0 unspecified atom stereocenters. The lowest BCUT2D eigenvalue weighted by Gasteiger charge is -2.43. The van der Waals surface area contributed by atoms with Gasteiger partial charge in [-0.3, -0.25) is 9.69 Å². The predicted molar refractivity (Wildman–Crippen MR) is 75.7 cm³/mol. The van der Waals surface area contributed by atoms with Crippen LogP contribution in [0.4, 0.5) is 0 Å². The van der Waals surface area contributed by atoms with Gasteiger partial charge in [-0.1, -0.05) is 13.3 Å². The third-order valence-corrected chi connectivity index (χ3v) is 3.92. The van der Waals surface area contributed by atoms with E-state index in [4.69, 9.17) is 0 Å². The van der Waals surface area contributed by atoms with Crippen molar-refractivity contribution in [1.82, 2.24) is 14.7 Å². The highest BCUT2D eigenvalue weighted by Gasteiger charge is 2.37. The molecule has 18 heavy (non-hydrogen) atoms. The zero-order valence-electron chi connectivity index (χ0n) is 12.7. The fourth-order valence-corrected chi connectivity index (χ4v) is 2.59. The van der Waals surface area contributed by atoms with Gasteiger partial charge < -0.3 is 9.80 Å². The Morgan fingerprint density at radius 2 is 1.72 bits per heavy atom. The second-order valence-electron chi connectivity index (χ2n) is 5.94. The van der Waals surface area contributed by atoms with E-state index in [1.165, 1.54) is 19.4 Å². The van der Waals surface area contributed by atoms with E-state index in [-0.39, 0.29) is 11.4 Å². The number of hydrogen-bond acceptors (Lipinski definition) is 3. The Morgan fingerprint density at radius 1 is 1.17 bits per heavy atom. The van der Waals surface area contributed by atoms with E-state index in [0.717, 1.165) is 26.2 Å². The first-order chi connectivity index (χ1) is 8.39. The van der Waals surface area contributed by atoms with Crippen LogP contribution < -0.4 is 0 Å². The van der Waals surface area contributed by atoms with Gasteiger partial charge in [0.2, 0.25) is 5.91 Å². The molecule has 0 aromatic rings. The lowest BCUT2D eigenvalue weighted by molar-refractivity contribution is -0.141. The number of likely N-dealkylation sites (N-methyl/N-ethyl adjacent to an activating group) is 1. The van der Waals surface area contributed by atoms with Gasteiger partial charge in [-0.15, -0.1) is 0 Å². The Bertz CT molecular complexity index is 268. The molecule has 4 nitrogen and oxygen atoms in total. The minimum absolute atomic E-state index is 0.199. The zero-order valence-corrected chi connectivity index (χ0v) is 12.7. The molecule has 1 saturated heterocycles. The highest BCUT2D eigenvalue weighted by atomic mass is 16.2. The Morgan fingerprint density at radius 3 is 2.17 bits per heavy atom. The lowest BCUT2D eigenvalue weighted by Crippen LogP contribution is -2.60. The summed E-state index contributed by atoms with van der Waals surface area (Å²) in [4.78, 5) is 18.7. The quantitative estimate of drug-likeness (QED) is 0.740. The standard InChI is InChI=1S/C14H29N3O/c1-6-7-8-16-9-11-17(12-10-16)14(2,3)13(18)15(4)5/h6-12H2,1-5H3. The molecular weight excluding hydrogens is 226 g/mol. The van der Waals surface area contributed by atoms with Gasteiger partial charge in [0.25, 0.3) is 0 Å². The van der Waals surface area contributed by atoms with Crippen molar-refractivity contribution < 1.29 is 4.79 Å². The molecule has 1 fully saturated rings. The maximum Gasteiger partial charge on any atom is 0.242 e. The molecule has 0 spiro atoms. The van der Waals surface area contributed by atoms with Crippen LogP contribution in [0.3, 0.4) is 0 Å². The molecule has 0 saturated carbocycles. The normalized spacial score (nSPS) is 18.9. The molecular formula is C14H29N3O. The Labute approximate surface area is 112 Å². The van der Waals surface area contributed by atoms with E-state index < -0.39 is 0 Å². The number of piperazine rings is 1. The van der Waals surface area contributed by atoms with Gasteiger partial charge in [-0.05, 0) is 26.8 Å². The van der Waals surface area contributed by atoms with E-state index in [2.05, 4.69) is 16.7 Å². The third kappa shape index (κ3) is 3.69. The maximum absolute atomic E-state index is 12.2. The molecule has 0 bridgehead atoms. The smallest absolute Gasteiger partial charge is 0.242 e. The second-order valence-corrected chi connectivity index (χ2v) is 5.94. The van der Waals surface area contributed by atoms with Crippen molar-refractivity contribution in [3.05, 3.63) is 0 Å². The van der Waals surface area contributed by atoms with E-state index in [0.29, 0.717) is 0 Å². The van der Waals surface area contributed by atoms with Gasteiger partial charge in [-0.25, -0.2) is 0 Å². The Kier molecular flexibility index (Phi) is 5.60. The first-order valence-corrected chi connectivity index (χ1v) is 7.08. The molecule has 0 N–H and O–H groups in total. The minimum atomic E-state index is -0.375. The summed E-state index contributed by atoms with van der Waals surface area (Å²) >= 11 is 0. The van der Waals surface area contributed by atoms with Gasteiger partial charge in [-0.2, -0.15) is 0 Å². The minimum Gasteiger partial charge on any atom is -0.347 e. The van der Waals surface area contributed by atoms with Crippen molar-refractivity contribution in [3.63, 3.8) is 0 Å². The maximum atomic E-state index is 12.2. The average molecular weight is 255 g/mol. The fraction of sp³-hybridized carbons (Fsp3) is 0.929. The summed E-state index contributed by atoms with van der Waals surface area (Å²) in [6.07, 6.45) is 2.53. The van der Waals surface area contributed by atoms with E-state index >= 15 is 0 Å². The summed E-state index contributed by atoms with van der Waals surface area (Å²) in [5.41, 5.74) is -0.375. The van der Waals surface area contributed by atoms with Crippen molar-refractivity contribution in [3.8, 4) is 0 Å². The van der Waals surface area contributed by atoms with Gasteiger partial charge in [0.15, 0.2) is 0 Å². The van der Waals surface area contributed by atoms with Crippen LogP contribution in [0, 0.1) is 0 Å². The van der Waals surface area contributed by atoms with Crippen molar-refractivity contribution in [2.45, 2.75) is 39.2 Å². The number of nitrogens with zero attached hydrogens (tertiary/aromatic N) is 3. The number of unbranched alkanes of at least 4 members (excludes halogenated alkanes) is 1. The monoisotopic (exact) mass is 255 g/mol. The van der Waals surface area contributed by atoms with Crippen molar-refractivity contribution >= 4 is 5.91 Å².